The maximum absolute atomic E-state index is 12.3. The Morgan fingerprint density at radius 3 is 2.55 bits per heavy atom. The molecule has 112 valence electrons. The number of esters is 1. The molecule has 0 fully saturated rings. The van der Waals surface area contributed by atoms with Crippen molar-refractivity contribution in [1.29, 1.82) is 0 Å². The lowest BCUT2D eigenvalue weighted by Crippen LogP contribution is -2.33. The second kappa shape index (κ2) is 7.05. The first-order valence-corrected chi connectivity index (χ1v) is 8.01. The first-order chi connectivity index (χ1) is 9.32. The molecule has 0 radical (unpaired) electrons. The van der Waals surface area contributed by atoms with E-state index in [1.165, 1.54) is 32.4 Å². The summed E-state index contributed by atoms with van der Waals surface area (Å²) >= 11 is 3.23. The summed E-state index contributed by atoms with van der Waals surface area (Å²) < 4.78 is 35.8. The van der Waals surface area contributed by atoms with Crippen LogP contribution in [0, 0.1) is 0 Å². The highest BCUT2D eigenvalue weighted by molar-refractivity contribution is 9.10. The van der Waals surface area contributed by atoms with Gasteiger partial charge in [0.15, 0.2) is 0 Å². The van der Waals surface area contributed by atoms with Crippen molar-refractivity contribution in [1.82, 2.24) is 4.31 Å². The molecule has 20 heavy (non-hydrogen) atoms. The minimum Gasteiger partial charge on any atom is -0.496 e. The highest BCUT2D eigenvalue weighted by atomic mass is 79.9. The number of nitrogens with zero attached hydrogens (tertiary/aromatic N) is 1. The molecule has 0 atom stereocenters. The summed E-state index contributed by atoms with van der Waals surface area (Å²) in [7, 11) is -0.942. The molecule has 0 spiro atoms. The molecular weight excluding hydrogens is 350 g/mol. The Hall–Kier alpha value is -1.12. The Kier molecular flexibility index (Phi) is 5.97. The van der Waals surface area contributed by atoms with Crippen LogP contribution >= 0.6 is 15.9 Å². The van der Waals surface area contributed by atoms with Gasteiger partial charge in [0, 0.05) is 7.05 Å². The van der Waals surface area contributed by atoms with Gasteiger partial charge in [0.1, 0.15) is 12.3 Å². The van der Waals surface area contributed by atoms with Crippen LogP contribution in [0.5, 0.6) is 5.75 Å². The first kappa shape index (κ1) is 16.9. The van der Waals surface area contributed by atoms with E-state index in [2.05, 4.69) is 15.9 Å². The molecule has 0 aliphatic rings. The van der Waals surface area contributed by atoms with Gasteiger partial charge in [-0.05, 0) is 41.1 Å². The molecule has 1 aromatic carbocycles. The zero-order chi connectivity index (χ0) is 15.3. The molecule has 0 saturated carbocycles. The van der Waals surface area contributed by atoms with E-state index < -0.39 is 16.0 Å². The molecular formula is C12H16BrNO5S. The Bertz CT molecular complexity index is 588. The van der Waals surface area contributed by atoms with Crippen molar-refractivity contribution in [2.75, 3.05) is 27.3 Å². The minimum atomic E-state index is -3.75. The third-order valence-electron chi connectivity index (χ3n) is 2.49. The van der Waals surface area contributed by atoms with Crippen LogP contribution < -0.4 is 4.74 Å². The van der Waals surface area contributed by atoms with Crippen LogP contribution in [-0.2, 0) is 19.6 Å². The number of benzene rings is 1. The predicted octanol–water partition coefficient (Wildman–Crippen LogP) is 1.64. The standard InChI is InChI=1S/C12H16BrNO5S/c1-4-19-12(15)8-14(2)20(16,17)9-5-6-11(18-3)10(13)7-9/h5-7H,4,8H2,1-3H3. The molecule has 1 rings (SSSR count). The van der Waals surface area contributed by atoms with Crippen LogP contribution in [0.2, 0.25) is 0 Å². The summed E-state index contributed by atoms with van der Waals surface area (Å²) in [6.45, 7) is 1.54. The van der Waals surface area contributed by atoms with E-state index in [-0.39, 0.29) is 18.0 Å². The molecule has 0 bridgehead atoms. The van der Waals surface area contributed by atoms with Crippen LogP contribution in [0.3, 0.4) is 0 Å². The quantitative estimate of drug-likeness (QED) is 0.716. The van der Waals surface area contributed by atoms with Gasteiger partial charge >= 0.3 is 5.97 Å². The monoisotopic (exact) mass is 365 g/mol. The van der Waals surface area contributed by atoms with Crippen LogP contribution in [0.15, 0.2) is 27.6 Å². The number of methoxy groups -OCH3 is 1. The maximum atomic E-state index is 12.3. The van der Waals surface area contributed by atoms with Crippen molar-refractivity contribution in [2.24, 2.45) is 0 Å². The fraction of sp³-hybridized carbons (Fsp3) is 0.417. The van der Waals surface area contributed by atoms with Gasteiger partial charge in [-0.1, -0.05) is 0 Å². The van der Waals surface area contributed by atoms with Gasteiger partial charge in [-0.25, -0.2) is 8.42 Å². The SMILES string of the molecule is CCOC(=O)CN(C)S(=O)(=O)c1ccc(OC)c(Br)c1. The van der Waals surface area contributed by atoms with E-state index in [4.69, 9.17) is 9.47 Å². The number of halogens is 1. The van der Waals surface area contributed by atoms with Gasteiger partial charge in [-0.2, -0.15) is 4.31 Å². The van der Waals surface area contributed by atoms with Crippen molar-refractivity contribution >= 4 is 31.9 Å². The van der Waals surface area contributed by atoms with Gasteiger partial charge in [-0.3, -0.25) is 4.79 Å². The molecule has 0 aliphatic carbocycles. The third-order valence-corrected chi connectivity index (χ3v) is 4.91. The van der Waals surface area contributed by atoms with E-state index in [0.29, 0.717) is 10.2 Å². The molecule has 0 amide bonds. The summed E-state index contributed by atoms with van der Waals surface area (Å²) in [5.74, 6) is -0.0665. The third kappa shape index (κ3) is 3.94. The van der Waals surface area contributed by atoms with Crippen molar-refractivity contribution in [3.8, 4) is 5.75 Å². The zero-order valence-electron chi connectivity index (χ0n) is 11.4. The van der Waals surface area contributed by atoms with Gasteiger partial charge in [-0.15, -0.1) is 0 Å². The average molecular weight is 366 g/mol. The highest BCUT2D eigenvalue weighted by Gasteiger charge is 2.24. The van der Waals surface area contributed by atoms with E-state index in [9.17, 15) is 13.2 Å². The molecule has 6 nitrogen and oxygen atoms in total. The molecule has 0 aromatic heterocycles. The van der Waals surface area contributed by atoms with Gasteiger partial charge in [0.25, 0.3) is 0 Å². The predicted molar refractivity (Wildman–Crippen MR) is 77.1 cm³/mol. The van der Waals surface area contributed by atoms with Gasteiger partial charge in [0.05, 0.1) is 23.1 Å². The first-order valence-electron chi connectivity index (χ1n) is 5.78. The lowest BCUT2D eigenvalue weighted by molar-refractivity contribution is -0.143. The largest absolute Gasteiger partial charge is 0.496 e. The number of likely N-dealkylation sites (N-methyl/N-ethyl adjacent to an activating group) is 1. The lowest BCUT2D eigenvalue weighted by Gasteiger charge is -2.16. The maximum Gasteiger partial charge on any atom is 0.321 e. The van der Waals surface area contributed by atoms with E-state index in [1.54, 1.807) is 6.92 Å². The van der Waals surface area contributed by atoms with Crippen molar-refractivity contribution in [3.63, 3.8) is 0 Å². The molecule has 0 heterocycles. The van der Waals surface area contributed by atoms with Crippen molar-refractivity contribution < 1.29 is 22.7 Å². The molecule has 8 heteroatoms. The summed E-state index contributed by atoms with van der Waals surface area (Å²) in [5, 5.41) is 0. The van der Waals surface area contributed by atoms with Crippen molar-refractivity contribution in [3.05, 3.63) is 22.7 Å². The fourth-order valence-electron chi connectivity index (χ4n) is 1.46. The number of carbonyl (C=O) groups is 1. The highest BCUT2D eigenvalue weighted by Crippen LogP contribution is 2.28. The zero-order valence-corrected chi connectivity index (χ0v) is 13.8. The van der Waals surface area contributed by atoms with Crippen LogP contribution in [-0.4, -0.2) is 46.0 Å². The average Bonchev–Trinajstić information content (AvgIpc) is 2.38. The summed E-state index contributed by atoms with van der Waals surface area (Å²) in [6.07, 6.45) is 0. The van der Waals surface area contributed by atoms with E-state index >= 15 is 0 Å². The Labute approximate surface area is 126 Å². The molecule has 1 aromatic rings. The van der Waals surface area contributed by atoms with E-state index in [0.717, 1.165) is 4.31 Å². The van der Waals surface area contributed by atoms with E-state index in [1.807, 2.05) is 0 Å². The van der Waals surface area contributed by atoms with Crippen molar-refractivity contribution in [2.45, 2.75) is 11.8 Å². The minimum absolute atomic E-state index is 0.0666. The fourth-order valence-corrected chi connectivity index (χ4v) is 3.30. The number of hydrogen-bond donors (Lipinski definition) is 0. The Morgan fingerprint density at radius 1 is 1.40 bits per heavy atom. The number of rotatable bonds is 6. The molecule has 0 N–H and O–H groups in total. The second-order valence-corrected chi connectivity index (χ2v) is 6.76. The summed E-state index contributed by atoms with van der Waals surface area (Å²) in [6, 6.07) is 4.38. The topological polar surface area (TPSA) is 72.9 Å². The molecule has 0 saturated heterocycles. The summed E-state index contributed by atoms with van der Waals surface area (Å²) in [5.41, 5.74) is 0. The second-order valence-electron chi connectivity index (χ2n) is 3.86. The Morgan fingerprint density at radius 2 is 2.05 bits per heavy atom. The number of sulfonamides is 1. The van der Waals surface area contributed by atoms with Crippen LogP contribution in [0.25, 0.3) is 0 Å². The molecule has 0 unspecified atom stereocenters. The summed E-state index contributed by atoms with van der Waals surface area (Å²) in [4.78, 5) is 11.4. The number of hydrogen-bond acceptors (Lipinski definition) is 5. The van der Waals surface area contributed by atoms with Crippen LogP contribution in [0.4, 0.5) is 0 Å². The van der Waals surface area contributed by atoms with Gasteiger partial charge in [0.2, 0.25) is 10.0 Å². The van der Waals surface area contributed by atoms with Crippen LogP contribution in [0.1, 0.15) is 6.92 Å². The normalized spacial score (nSPS) is 11.4. The molecule has 0 aliphatic heterocycles. The Balaban J connectivity index is 2.98. The number of ether oxygens (including phenoxy) is 2. The van der Waals surface area contributed by atoms with Gasteiger partial charge < -0.3 is 9.47 Å². The smallest absolute Gasteiger partial charge is 0.321 e. The lowest BCUT2D eigenvalue weighted by atomic mass is 10.3. The number of carbonyl (C=O) groups excluding carboxylic acids is 1.